The number of aliphatic carboxylic acids is 1. The molecule has 0 saturated carbocycles. The highest BCUT2D eigenvalue weighted by Crippen LogP contribution is 2.28. The van der Waals surface area contributed by atoms with E-state index >= 15 is 0 Å². The summed E-state index contributed by atoms with van der Waals surface area (Å²) in [5.41, 5.74) is 1.86. The van der Waals surface area contributed by atoms with Crippen molar-refractivity contribution >= 4 is 17.7 Å². The smallest absolute Gasteiger partial charge is 0.320 e. The standard InChI is InChI=1S/C17H25NO4S/c1-12(2)11-22-16-9-13(5-6-15(16)21-3)10-18-14(17(19)20)7-8-23-4/h5-6,9,14,18H,1,7-8,10-11H2,2-4H3,(H,19,20)/t14-/m0/s1. The first-order valence-corrected chi connectivity index (χ1v) is 8.76. The van der Waals surface area contributed by atoms with Crippen LogP contribution in [0, 0.1) is 0 Å². The maximum atomic E-state index is 11.2. The topological polar surface area (TPSA) is 67.8 Å². The Labute approximate surface area is 142 Å². The highest BCUT2D eigenvalue weighted by atomic mass is 32.2. The summed E-state index contributed by atoms with van der Waals surface area (Å²) in [6.07, 6.45) is 2.55. The Morgan fingerprint density at radius 1 is 1.43 bits per heavy atom. The Kier molecular flexibility index (Phi) is 8.58. The lowest BCUT2D eigenvalue weighted by atomic mass is 10.1. The van der Waals surface area contributed by atoms with Crippen molar-refractivity contribution in [1.82, 2.24) is 5.32 Å². The van der Waals surface area contributed by atoms with E-state index in [0.29, 0.717) is 31.1 Å². The predicted molar refractivity (Wildman–Crippen MR) is 94.6 cm³/mol. The molecule has 0 radical (unpaired) electrons. The molecule has 0 saturated heterocycles. The van der Waals surface area contributed by atoms with Gasteiger partial charge in [-0.1, -0.05) is 12.6 Å². The summed E-state index contributed by atoms with van der Waals surface area (Å²) in [7, 11) is 1.59. The molecule has 0 aliphatic rings. The van der Waals surface area contributed by atoms with E-state index < -0.39 is 12.0 Å². The van der Waals surface area contributed by atoms with Gasteiger partial charge in [0.1, 0.15) is 12.6 Å². The van der Waals surface area contributed by atoms with Crippen LogP contribution in [0.5, 0.6) is 11.5 Å². The Hall–Kier alpha value is -1.66. The average Bonchev–Trinajstić information content (AvgIpc) is 2.52. The third kappa shape index (κ3) is 6.97. The predicted octanol–water partition coefficient (Wildman–Crippen LogP) is 2.95. The van der Waals surface area contributed by atoms with Crippen molar-refractivity contribution in [2.75, 3.05) is 25.7 Å². The molecular formula is C17H25NO4S. The number of hydrogen-bond acceptors (Lipinski definition) is 5. The van der Waals surface area contributed by atoms with Crippen molar-refractivity contribution in [1.29, 1.82) is 0 Å². The van der Waals surface area contributed by atoms with Crippen molar-refractivity contribution < 1.29 is 19.4 Å². The van der Waals surface area contributed by atoms with Gasteiger partial charge in [0.15, 0.2) is 11.5 Å². The first-order valence-electron chi connectivity index (χ1n) is 7.37. The van der Waals surface area contributed by atoms with Crippen molar-refractivity contribution in [3.05, 3.63) is 35.9 Å². The van der Waals surface area contributed by atoms with Crippen LogP contribution in [-0.4, -0.2) is 42.8 Å². The van der Waals surface area contributed by atoms with Crippen molar-refractivity contribution in [2.24, 2.45) is 0 Å². The van der Waals surface area contributed by atoms with E-state index in [1.807, 2.05) is 31.4 Å². The number of benzene rings is 1. The van der Waals surface area contributed by atoms with Gasteiger partial charge in [-0.3, -0.25) is 4.79 Å². The van der Waals surface area contributed by atoms with Crippen LogP contribution in [0.3, 0.4) is 0 Å². The van der Waals surface area contributed by atoms with Gasteiger partial charge >= 0.3 is 5.97 Å². The number of ether oxygens (including phenoxy) is 2. The number of thioether (sulfide) groups is 1. The quantitative estimate of drug-likeness (QED) is 0.604. The minimum Gasteiger partial charge on any atom is -0.493 e. The van der Waals surface area contributed by atoms with Crippen molar-refractivity contribution in [3.63, 3.8) is 0 Å². The minimum atomic E-state index is -0.827. The lowest BCUT2D eigenvalue weighted by Crippen LogP contribution is -2.36. The Bertz CT molecular complexity index is 533. The second kappa shape index (κ2) is 10.2. The average molecular weight is 339 g/mol. The van der Waals surface area contributed by atoms with E-state index in [1.54, 1.807) is 18.9 Å². The molecule has 0 heterocycles. The van der Waals surface area contributed by atoms with Gasteiger partial charge in [0.25, 0.3) is 0 Å². The van der Waals surface area contributed by atoms with Crippen molar-refractivity contribution in [2.45, 2.75) is 25.9 Å². The molecule has 1 atom stereocenters. The maximum absolute atomic E-state index is 11.2. The molecule has 1 aromatic carbocycles. The molecule has 6 heteroatoms. The van der Waals surface area contributed by atoms with Crippen LogP contribution in [0.4, 0.5) is 0 Å². The Balaban J connectivity index is 2.73. The number of hydrogen-bond donors (Lipinski definition) is 2. The molecule has 1 rings (SSSR count). The fourth-order valence-electron chi connectivity index (χ4n) is 1.93. The second-order valence-electron chi connectivity index (χ2n) is 5.28. The molecular weight excluding hydrogens is 314 g/mol. The van der Waals surface area contributed by atoms with Gasteiger partial charge in [-0.2, -0.15) is 11.8 Å². The SMILES string of the molecule is C=C(C)COc1cc(CN[C@@H](CCSC)C(=O)O)ccc1OC. The summed E-state index contributed by atoms with van der Waals surface area (Å²) in [4.78, 5) is 11.2. The summed E-state index contributed by atoms with van der Waals surface area (Å²) in [6, 6.07) is 5.03. The van der Waals surface area contributed by atoms with Crippen LogP contribution in [0.15, 0.2) is 30.4 Å². The molecule has 5 nitrogen and oxygen atoms in total. The number of methoxy groups -OCH3 is 1. The number of carbonyl (C=O) groups is 1. The third-order valence-electron chi connectivity index (χ3n) is 3.16. The largest absolute Gasteiger partial charge is 0.493 e. The minimum absolute atomic E-state index is 0.415. The fraction of sp³-hybridized carbons (Fsp3) is 0.471. The molecule has 2 N–H and O–H groups in total. The van der Waals surface area contributed by atoms with E-state index in [2.05, 4.69) is 11.9 Å². The Morgan fingerprint density at radius 2 is 2.17 bits per heavy atom. The van der Waals surface area contributed by atoms with Crippen LogP contribution >= 0.6 is 11.8 Å². The lowest BCUT2D eigenvalue weighted by Gasteiger charge is -2.16. The van der Waals surface area contributed by atoms with Crippen LogP contribution in [0.1, 0.15) is 18.9 Å². The molecule has 23 heavy (non-hydrogen) atoms. The summed E-state index contributed by atoms with van der Waals surface area (Å²) in [6.45, 7) is 6.57. The zero-order valence-corrected chi connectivity index (χ0v) is 14.7. The van der Waals surface area contributed by atoms with Crippen LogP contribution in [0.2, 0.25) is 0 Å². The molecule has 0 amide bonds. The molecule has 0 bridgehead atoms. The van der Waals surface area contributed by atoms with E-state index in [4.69, 9.17) is 9.47 Å². The highest BCUT2D eigenvalue weighted by molar-refractivity contribution is 7.98. The van der Waals surface area contributed by atoms with Gasteiger partial charge in [0, 0.05) is 6.54 Å². The molecule has 0 unspecified atom stereocenters. The van der Waals surface area contributed by atoms with Gasteiger partial charge in [0.05, 0.1) is 7.11 Å². The van der Waals surface area contributed by atoms with E-state index in [0.717, 1.165) is 16.9 Å². The summed E-state index contributed by atoms with van der Waals surface area (Å²) < 4.78 is 11.0. The maximum Gasteiger partial charge on any atom is 0.320 e. The van der Waals surface area contributed by atoms with Gasteiger partial charge < -0.3 is 19.9 Å². The second-order valence-corrected chi connectivity index (χ2v) is 6.27. The first-order chi connectivity index (χ1) is 11.0. The van der Waals surface area contributed by atoms with Crippen molar-refractivity contribution in [3.8, 4) is 11.5 Å². The van der Waals surface area contributed by atoms with Gasteiger partial charge in [-0.05, 0) is 48.6 Å². The molecule has 0 aliphatic heterocycles. The molecule has 0 spiro atoms. The van der Waals surface area contributed by atoms with Crippen LogP contribution in [-0.2, 0) is 11.3 Å². The fourth-order valence-corrected chi connectivity index (χ4v) is 2.41. The monoisotopic (exact) mass is 339 g/mol. The molecule has 1 aromatic rings. The van der Waals surface area contributed by atoms with Crippen LogP contribution < -0.4 is 14.8 Å². The van der Waals surface area contributed by atoms with Crippen LogP contribution in [0.25, 0.3) is 0 Å². The van der Waals surface area contributed by atoms with E-state index in [1.165, 1.54) is 0 Å². The Morgan fingerprint density at radius 3 is 2.74 bits per heavy atom. The number of nitrogens with one attached hydrogen (secondary N) is 1. The van der Waals surface area contributed by atoms with Gasteiger partial charge in [-0.15, -0.1) is 0 Å². The first kappa shape index (κ1) is 19.4. The third-order valence-corrected chi connectivity index (χ3v) is 3.81. The number of carboxylic acid groups (broad SMARTS) is 1. The zero-order chi connectivity index (χ0) is 17.2. The number of carboxylic acids is 1. The molecule has 0 aromatic heterocycles. The lowest BCUT2D eigenvalue weighted by molar-refractivity contribution is -0.139. The number of rotatable bonds is 11. The highest BCUT2D eigenvalue weighted by Gasteiger charge is 2.16. The van der Waals surface area contributed by atoms with E-state index in [9.17, 15) is 9.90 Å². The molecule has 0 aliphatic carbocycles. The molecule has 128 valence electrons. The summed E-state index contributed by atoms with van der Waals surface area (Å²) in [5, 5.41) is 12.3. The summed E-state index contributed by atoms with van der Waals surface area (Å²) >= 11 is 1.64. The zero-order valence-electron chi connectivity index (χ0n) is 13.9. The normalized spacial score (nSPS) is 11.8. The summed E-state index contributed by atoms with van der Waals surface area (Å²) in [5.74, 6) is 1.25. The van der Waals surface area contributed by atoms with Gasteiger partial charge in [-0.25, -0.2) is 0 Å². The molecule has 0 fully saturated rings. The van der Waals surface area contributed by atoms with E-state index in [-0.39, 0.29) is 0 Å². The van der Waals surface area contributed by atoms with Gasteiger partial charge in [0.2, 0.25) is 0 Å².